The fourth-order valence-corrected chi connectivity index (χ4v) is 2.70. The van der Waals surface area contributed by atoms with Gasteiger partial charge in [-0.3, -0.25) is 9.48 Å². The van der Waals surface area contributed by atoms with Crippen molar-refractivity contribution in [1.29, 1.82) is 0 Å². The Bertz CT molecular complexity index is 711. The molecule has 23 heavy (non-hydrogen) atoms. The minimum atomic E-state index is -0.580. The molecule has 0 radical (unpaired) electrons. The zero-order valence-electron chi connectivity index (χ0n) is 13.6. The number of nitrogens with one attached hydrogen (secondary N) is 1. The number of carbonyl (C=O) groups excluding carboxylic acids is 1. The summed E-state index contributed by atoms with van der Waals surface area (Å²) in [6.45, 7) is 4.78. The van der Waals surface area contributed by atoms with Gasteiger partial charge in [0.25, 0.3) is 5.91 Å². The number of benzene rings is 1. The molecule has 1 fully saturated rings. The van der Waals surface area contributed by atoms with Crippen LogP contribution in [0.5, 0.6) is 0 Å². The lowest BCUT2D eigenvalue weighted by atomic mass is 10.1. The molecule has 1 saturated heterocycles. The minimum absolute atomic E-state index is 0.178. The summed E-state index contributed by atoms with van der Waals surface area (Å²) in [6, 6.07) is 7.90. The molecule has 0 spiro atoms. The number of carbonyl (C=O) groups is 1. The largest absolute Gasteiger partial charge is 0.373 e. The maximum Gasteiger partial charge on any atom is 0.256 e. The zero-order chi connectivity index (χ0) is 16.4. The summed E-state index contributed by atoms with van der Waals surface area (Å²) >= 11 is 0. The lowest BCUT2D eigenvalue weighted by Crippen LogP contribution is -2.44. The van der Waals surface area contributed by atoms with Gasteiger partial charge in [0.1, 0.15) is 0 Å². The molecular formula is C17H21N3O3. The van der Waals surface area contributed by atoms with E-state index in [-0.39, 0.29) is 12.0 Å². The van der Waals surface area contributed by atoms with Crippen LogP contribution < -0.4 is 5.32 Å². The molecule has 0 aliphatic carbocycles. The summed E-state index contributed by atoms with van der Waals surface area (Å²) in [5.41, 5.74) is 3.76. The van der Waals surface area contributed by atoms with E-state index in [4.69, 9.17) is 9.47 Å². The van der Waals surface area contributed by atoms with Gasteiger partial charge >= 0.3 is 0 Å². The highest BCUT2D eigenvalue weighted by Crippen LogP contribution is 2.25. The maximum absolute atomic E-state index is 12.5. The van der Waals surface area contributed by atoms with Gasteiger partial charge in [-0.2, -0.15) is 5.10 Å². The van der Waals surface area contributed by atoms with Crippen molar-refractivity contribution >= 4 is 11.6 Å². The Hall–Kier alpha value is -2.18. The lowest BCUT2D eigenvalue weighted by molar-refractivity contribution is -0.157. The highest BCUT2D eigenvalue weighted by atomic mass is 16.6. The van der Waals surface area contributed by atoms with Gasteiger partial charge in [-0.15, -0.1) is 0 Å². The molecule has 1 aliphatic heterocycles. The minimum Gasteiger partial charge on any atom is -0.373 e. The summed E-state index contributed by atoms with van der Waals surface area (Å²) in [5.74, 6) is -0.178. The van der Waals surface area contributed by atoms with Crippen LogP contribution >= 0.6 is 0 Å². The molecule has 122 valence electrons. The normalized spacial score (nSPS) is 21.2. The van der Waals surface area contributed by atoms with Crippen LogP contribution in [0.25, 0.3) is 11.3 Å². The van der Waals surface area contributed by atoms with E-state index in [2.05, 4.69) is 10.4 Å². The average Bonchev–Trinajstić information content (AvgIpc) is 2.96. The molecular weight excluding hydrogens is 294 g/mol. The van der Waals surface area contributed by atoms with Crippen LogP contribution in [0, 0.1) is 6.92 Å². The number of anilines is 1. The first-order valence-electron chi connectivity index (χ1n) is 7.69. The summed E-state index contributed by atoms with van der Waals surface area (Å²) < 4.78 is 12.8. The number of hydrogen-bond acceptors (Lipinski definition) is 4. The van der Waals surface area contributed by atoms with Gasteiger partial charge in [-0.05, 0) is 31.5 Å². The molecule has 2 heterocycles. The lowest BCUT2D eigenvalue weighted by Gasteiger charge is -2.28. The molecule has 1 aromatic carbocycles. The monoisotopic (exact) mass is 315 g/mol. The number of ether oxygens (including phenoxy) is 2. The van der Waals surface area contributed by atoms with Crippen molar-refractivity contribution in [2.24, 2.45) is 7.05 Å². The average molecular weight is 315 g/mol. The molecule has 1 N–H and O–H groups in total. The number of hydrogen-bond donors (Lipinski definition) is 1. The number of rotatable bonds is 3. The quantitative estimate of drug-likeness (QED) is 0.942. The summed E-state index contributed by atoms with van der Waals surface area (Å²) in [7, 11) is 1.89. The Morgan fingerprint density at radius 2 is 2.09 bits per heavy atom. The van der Waals surface area contributed by atoms with E-state index < -0.39 is 6.10 Å². The van der Waals surface area contributed by atoms with Gasteiger partial charge < -0.3 is 14.8 Å². The van der Waals surface area contributed by atoms with E-state index in [0.717, 1.165) is 22.5 Å². The second kappa shape index (κ2) is 6.52. The van der Waals surface area contributed by atoms with Crippen molar-refractivity contribution in [2.75, 3.05) is 18.5 Å². The molecule has 0 bridgehead atoms. The number of nitrogens with zero attached hydrogens (tertiary/aromatic N) is 2. The van der Waals surface area contributed by atoms with Crippen molar-refractivity contribution in [3.8, 4) is 11.3 Å². The van der Waals surface area contributed by atoms with Gasteiger partial charge in [0.15, 0.2) is 6.10 Å². The van der Waals surface area contributed by atoms with Gasteiger partial charge in [-0.25, -0.2) is 0 Å². The highest BCUT2D eigenvalue weighted by Gasteiger charge is 2.30. The molecule has 2 atom stereocenters. The van der Waals surface area contributed by atoms with Gasteiger partial charge in [0.2, 0.25) is 0 Å². The predicted molar refractivity (Wildman–Crippen MR) is 87.2 cm³/mol. The van der Waals surface area contributed by atoms with Crippen LogP contribution in [0.3, 0.4) is 0 Å². The summed E-state index contributed by atoms with van der Waals surface area (Å²) in [6.07, 6.45) is 0.926. The molecule has 0 unspecified atom stereocenters. The number of amides is 1. The molecule has 1 aromatic heterocycles. The van der Waals surface area contributed by atoms with Crippen molar-refractivity contribution < 1.29 is 14.3 Å². The first kappa shape index (κ1) is 15.7. The molecule has 0 saturated carbocycles. The Morgan fingerprint density at radius 1 is 1.30 bits per heavy atom. The van der Waals surface area contributed by atoms with E-state index in [0.29, 0.717) is 13.2 Å². The second-order valence-electron chi connectivity index (χ2n) is 5.73. The van der Waals surface area contributed by atoms with E-state index in [1.165, 1.54) is 0 Å². The molecule has 6 heteroatoms. The van der Waals surface area contributed by atoms with Crippen LogP contribution in [-0.4, -0.2) is 41.1 Å². The Labute approximate surface area is 135 Å². The fourth-order valence-electron chi connectivity index (χ4n) is 2.70. The van der Waals surface area contributed by atoms with Crippen LogP contribution in [0.2, 0.25) is 0 Å². The van der Waals surface area contributed by atoms with Gasteiger partial charge in [0.05, 0.1) is 25.0 Å². The van der Waals surface area contributed by atoms with E-state index in [1.807, 2.05) is 45.2 Å². The van der Waals surface area contributed by atoms with Crippen molar-refractivity contribution in [3.05, 3.63) is 36.0 Å². The van der Waals surface area contributed by atoms with Crippen LogP contribution in [0.1, 0.15) is 12.5 Å². The Morgan fingerprint density at radius 3 is 2.78 bits per heavy atom. The van der Waals surface area contributed by atoms with Crippen molar-refractivity contribution in [3.63, 3.8) is 0 Å². The summed E-state index contributed by atoms with van der Waals surface area (Å²) in [5, 5.41) is 7.14. The topological polar surface area (TPSA) is 65.4 Å². The van der Waals surface area contributed by atoms with Crippen LogP contribution in [-0.2, 0) is 21.3 Å². The third-order valence-electron chi connectivity index (χ3n) is 4.06. The Balaban J connectivity index is 1.82. The van der Waals surface area contributed by atoms with Gasteiger partial charge in [-0.1, -0.05) is 12.1 Å². The first-order valence-corrected chi connectivity index (χ1v) is 7.69. The SMILES string of the molecule is Cc1ccc(-c2ccnn2C)cc1NC(=O)[C@H]1OCCO[C@H]1C. The van der Waals surface area contributed by atoms with E-state index in [1.54, 1.807) is 10.9 Å². The van der Waals surface area contributed by atoms with E-state index in [9.17, 15) is 4.79 Å². The van der Waals surface area contributed by atoms with Crippen molar-refractivity contribution in [2.45, 2.75) is 26.1 Å². The van der Waals surface area contributed by atoms with Gasteiger partial charge in [0, 0.05) is 24.5 Å². The molecule has 1 amide bonds. The third-order valence-corrected chi connectivity index (χ3v) is 4.06. The number of aromatic nitrogens is 2. The van der Waals surface area contributed by atoms with Crippen LogP contribution in [0.15, 0.2) is 30.5 Å². The van der Waals surface area contributed by atoms with E-state index >= 15 is 0 Å². The zero-order valence-corrected chi connectivity index (χ0v) is 13.6. The molecule has 3 rings (SSSR count). The maximum atomic E-state index is 12.5. The molecule has 2 aromatic rings. The second-order valence-corrected chi connectivity index (χ2v) is 5.73. The number of aryl methyl sites for hydroxylation is 2. The molecule has 6 nitrogen and oxygen atoms in total. The first-order chi connectivity index (χ1) is 11.1. The van der Waals surface area contributed by atoms with Crippen LogP contribution in [0.4, 0.5) is 5.69 Å². The highest BCUT2D eigenvalue weighted by molar-refractivity contribution is 5.95. The fraction of sp³-hybridized carbons (Fsp3) is 0.412. The predicted octanol–water partition coefficient (Wildman–Crippen LogP) is 2.14. The third kappa shape index (κ3) is 3.28. The smallest absolute Gasteiger partial charge is 0.256 e. The summed E-state index contributed by atoms with van der Waals surface area (Å²) in [4.78, 5) is 12.5. The molecule has 1 aliphatic rings. The van der Waals surface area contributed by atoms with Crippen molar-refractivity contribution in [1.82, 2.24) is 9.78 Å². The Kier molecular flexibility index (Phi) is 4.45. The standard InChI is InChI=1S/C17H21N3O3/c1-11-4-5-13(15-6-7-18-20(15)3)10-14(11)19-17(21)16-12(2)22-8-9-23-16/h4-7,10,12,16H,8-9H2,1-3H3,(H,19,21)/t12-,16-/m0/s1.